The van der Waals surface area contributed by atoms with E-state index in [1.807, 2.05) is 11.0 Å². The molecule has 0 radical (unpaired) electrons. The zero-order chi connectivity index (χ0) is 13.1. The molecule has 1 aromatic carbocycles. The van der Waals surface area contributed by atoms with Crippen LogP contribution in [0.15, 0.2) is 22.7 Å². The molecule has 1 fully saturated rings. The zero-order valence-corrected chi connectivity index (χ0v) is 12.5. The van der Waals surface area contributed by atoms with Gasteiger partial charge in [-0.3, -0.25) is 4.79 Å². The van der Waals surface area contributed by atoms with E-state index >= 15 is 0 Å². The molecule has 0 unspecified atom stereocenters. The second kappa shape index (κ2) is 6.04. The number of ether oxygens (including phenoxy) is 1. The van der Waals surface area contributed by atoms with Crippen molar-refractivity contribution in [1.82, 2.24) is 4.90 Å². The molecule has 1 aliphatic rings. The first kappa shape index (κ1) is 13.8. The van der Waals surface area contributed by atoms with Crippen molar-refractivity contribution in [1.29, 1.82) is 0 Å². The molecule has 0 aromatic heterocycles. The molecule has 1 saturated heterocycles. The van der Waals surface area contributed by atoms with Crippen LogP contribution in [-0.4, -0.2) is 37.1 Å². The van der Waals surface area contributed by atoms with Crippen LogP contribution >= 0.6 is 27.5 Å². The van der Waals surface area contributed by atoms with E-state index in [2.05, 4.69) is 15.9 Å². The SMILES string of the molecule is COC1CCN(C(=O)c2cc(Br)ccc2Cl)CC1. The molecule has 0 bridgehead atoms. The van der Waals surface area contributed by atoms with E-state index in [0.29, 0.717) is 10.6 Å². The third-order valence-electron chi connectivity index (χ3n) is 3.22. The van der Waals surface area contributed by atoms with Crippen LogP contribution in [0.2, 0.25) is 5.02 Å². The number of nitrogens with zero attached hydrogens (tertiary/aromatic N) is 1. The Kier molecular flexibility index (Phi) is 4.65. The lowest BCUT2D eigenvalue weighted by atomic mass is 10.1. The molecule has 0 aliphatic carbocycles. The predicted molar refractivity (Wildman–Crippen MR) is 75.1 cm³/mol. The molecule has 1 aliphatic heterocycles. The fraction of sp³-hybridized carbons (Fsp3) is 0.462. The van der Waals surface area contributed by atoms with Crippen molar-refractivity contribution in [3.05, 3.63) is 33.3 Å². The highest BCUT2D eigenvalue weighted by Gasteiger charge is 2.24. The first-order valence-electron chi connectivity index (χ1n) is 5.89. The van der Waals surface area contributed by atoms with E-state index < -0.39 is 0 Å². The van der Waals surface area contributed by atoms with Crippen molar-refractivity contribution in [2.75, 3.05) is 20.2 Å². The van der Waals surface area contributed by atoms with Gasteiger partial charge < -0.3 is 9.64 Å². The number of benzene rings is 1. The summed E-state index contributed by atoms with van der Waals surface area (Å²) in [6, 6.07) is 5.34. The highest BCUT2D eigenvalue weighted by atomic mass is 79.9. The van der Waals surface area contributed by atoms with Gasteiger partial charge in [0.25, 0.3) is 5.91 Å². The molecule has 2 rings (SSSR count). The van der Waals surface area contributed by atoms with E-state index in [1.165, 1.54) is 0 Å². The fourth-order valence-electron chi connectivity index (χ4n) is 2.13. The standard InChI is InChI=1S/C13H15BrClNO2/c1-18-10-4-6-16(7-5-10)13(17)11-8-9(14)2-3-12(11)15/h2-3,8,10H,4-7H2,1H3. The number of amides is 1. The fourth-order valence-corrected chi connectivity index (χ4v) is 2.69. The normalized spacial score (nSPS) is 16.9. The maximum atomic E-state index is 12.3. The Morgan fingerprint density at radius 2 is 2.11 bits per heavy atom. The number of rotatable bonds is 2. The summed E-state index contributed by atoms with van der Waals surface area (Å²) in [6.45, 7) is 1.44. The lowest BCUT2D eigenvalue weighted by molar-refractivity contribution is 0.0351. The second-order valence-corrected chi connectivity index (χ2v) is 5.67. The molecule has 0 spiro atoms. The molecule has 18 heavy (non-hydrogen) atoms. The Bertz CT molecular complexity index is 445. The summed E-state index contributed by atoms with van der Waals surface area (Å²) in [7, 11) is 1.72. The van der Waals surface area contributed by atoms with E-state index in [4.69, 9.17) is 16.3 Å². The van der Waals surface area contributed by atoms with Gasteiger partial charge in [-0.1, -0.05) is 27.5 Å². The largest absolute Gasteiger partial charge is 0.381 e. The number of likely N-dealkylation sites (tertiary alicyclic amines) is 1. The topological polar surface area (TPSA) is 29.5 Å². The van der Waals surface area contributed by atoms with Crippen LogP contribution in [0.4, 0.5) is 0 Å². The first-order chi connectivity index (χ1) is 8.61. The first-order valence-corrected chi connectivity index (χ1v) is 7.06. The summed E-state index contributed by atoms with van der Waals surface area (Å²) in [6.07, 6.45) is 2.04. The van der Waals surface area contributed by atoms with Crippen LogP contribution in [0.3, 0.4) is 0 Å². The minimum Gasteiger partial charge on any atom is -0.381 e. The van der Waals surface area contributed by atoms with Crippen molar-refractivity contribution >= 4 is 33.4 Å². The Morgan fingerprint density at radius 3 is 2.72 bits per heavy atom. The average molecular weight is 333 g/mol. The van der Waals surface area contributed by atoms with E-state index in [0.717, 1.165) is 30.4 Å². The van der Waals surface area contributed by atoms with Gasteiger partial charge in [-0.15, -0.1) is 0 Å². The second-order valence-electron chi connectivity index (χ2n) is 4.35. The Morgan fingerprint density at radius 1 is 1.44 bits per heavy atom. The molecular formula is C13H15BrClNO2. The Balaban J connectivity index is 2.10. The Hall–Kier alpha value is -0.580. The van der Waals surface area contributed by atoms with E-state index in [-0.39, 0.29) is 12.0 Å². The van der Waals surface area contributed by atoms with Crippen molar-refractivity contribution in [2.45, 2.75) is 18.9 Å². The van der Waals surface area contributed by atoms with Crippen molar-refractivity contribution in [3.8, 4) is 0 Å². The van der Waals surface area contributed by atoms with Gasteiger partial charge in [0.15, 0.2) is 0 Å². The molecule has 3 nitrogen and oxygen atoms in total. The quantitative estimate of drug-likeness (QED) is 0.831. The maximum Gasteiger partial charge on any atom is 0.255 e. The minimum atomic E-state index is -0.00384. The smallest absolute Gasteiger partial charge is 0.255 e. The molecule has 1 aromatic rings. The lowest BCUT2D eigenvalue weighted by Crippen LogP contribution is -2.40. The zero-order valence-electron chi connectivity index (χ0n) is 10.2. The van der Waals surface area contributed by atoms with Gasteiger partial charge in [-0.05, 0) is 31.0 Å². The van der Waals surface area contributed by atoms with E-state index in [9.17, 15) is 4.79 Å². The number of methoxy groups -OCH3 is 1. The minimum absolute atomic E-state index is 0.00384. The number of carbonyl (C=O) groups is 1. The molecule has 1 heterocycles. The monoisotopic (exact) mass is 331 g/mol. The third-order valence-corrected chi connectivity index (χ3v) is 4.04. The highest BCUT2D eigenvalue weighted by Crippen LogP contribution is 2.24. The number of piperidine rings is 1. The molecule has 98 valence electrons. The van der Waals surface area contributed by atoms with Gasteiger partial charge >= 0.3 is 0 Å². The molecule has 0 saturated carbocycles. The van der Waals surface area contributed by atoms with Crippen LogP contribution in [0.25, 0.3) is 0 Å². The number of hydrogen-bond acceptors (Lipinski definition) is 2. The van der Waals surface area contributed by atoms with Gasteiger partial charge in [-0.2, -0.15) is 0 Å². The van der Waals surface area contributed by atoms with E-state index in [1.54, 1.807) is 19.2 Å². The third kappa shape index (κ3) is 3.05. The van der Waals surface area contributed by atoms with Crippen LogP contribution in [-0.2, 0) is 4.74 Å². The van der Waals surface area contributed by atoms with Gasteiger partial charge in [0.1, 0.15) is 0 Å². The van der Waals surface area contributed by atoms with Crippen molar-refractivity contribution < 1.29 is 9.53 Å². The summed E-state index contributed by atoms with van der Waals surface area (Å²) in [4.78, 5) is 14.2. The molecule has 5 heteroatoms. The van der Waals surface area contributed by atoms with Crippen molar-refractivity contribution in [2.24, 2.45) is 0 Å². The Labute approximate surface area is 120 Å². The van der Waals surface area contributed by atoms with Crippen LogP contribution in [0, 0.1) is 0 Å². The summed E-state index contributed by atoms with van der Waals surface area (Å²) >= 11 is 9.43. The van der Waals surface area contributed by atoms with Gasteiger partial charge in [-0.25, -0.2) is 0 Å². The molecule has 0 atom stereocenters. The number of carbonyl (C=O) groups excluding carboxylic acids is 1. The summed E-state index contributed by atoms with van der Waals surface area (Å²) in [5.41, 5.74) is 0.557. The summed E-state index contributed by atoms with van der Waals surface area (Å²) in [5.74, 6) is -0.00384. The van der Waals surface area contributed by atoms with Gasteiger partial charge in [0.2, 0.25) is 0 Å². The van der Waals surface area contributed by atoms with Crippen LogP contribution in [0.5, 0.6) is 0 Å². The van der Waals surface area contributed by atoms with Crippen LogP contribution < -0.4 is 0 Å². The molecule has 1 amide bonds. The predicted octanol–water partition coefficient (Wildman–Crippen LogP) is 3.35. The lowest BCUT2D eigenvalue weighted by Gasteiger charge is -2.31. The average Bonchev–Trinajstić information content (AvgIpc) is 2.41. The highest BCUT2D eigenvalue weighted by molar-refractivity contribution is 9.10. The summed E-state index contributed by atoms with van der Waals surface area (Å²) < 4.78 is 6.16. The maximum absolute atomic E-state index is 12.3. The number of hydrogen-bond donors (Lipinski definition) is 0. The molecular weight excluding hydrogens is 318 g/mol. The summed E-state index contributed by atoms with van der Waals surface area (Å²) in [5, 5.41) is 0.497. The van der Waals surface area contributed by atoms with Gasteiger partial charge in [0.05, 0.1) is 16.7 Å². The van der Waals surface area contributed by atoms with Crippen LogP contribution in [0.1, 0.15) is 23.2 Å². The molecule has 0 N–H and O–H groups in total. The number of halogens is 2. The van der Waals surface area contributed by atoms with Gasteiger partial charge in [0, 0.05) is 24.7 Å². The van der Waals surface area contributed by atoms with Crippen molar-refractivity contribution in [3.63, 3.8) is 0 Å².